The van der Waals surface area contributed by atoms with Crippen molar-refractivity contribution in [2.24, 2.45) is 5.73 Å². The van der Waals surface area contributed by atoms with Crippen LogP contribution in [0.2, 0.25) is 0 Å². The minimum absolute atomic E-state index is 0.181. The molecule has 3 nitrogen and oxygen atoms in total. The fourth-order valence-electron chi connectivity index (χ4n) is 1.79. The number of aromatic nitrogens is 2. The Morgan fingerprint density at radius 1 is 1.53 bits per heavy atom. The molecule has 0 amide bonds. The molecule has 1 aliphatic rings. The molecule has 2 unspecified atom stereocenters. The molecule has 0 aromatic carbocycles. The third-order valence-electron chi connectivity index (χ3n) is 2.50. The maximum absolute atomic E-state index is 5.72. The van der Waals surface area contributed by atoms with Crippen molar-refractivity contribution in [2.45, 2.75) is 37.5 Å². The Morgan fingerprint density at radius 2 is 2.27 bits per heavy atom. The molecule has 1 fully saturated rings. The van der Waals surface area contributed by atoms with Crippen LogP contribution in [0.1, 0.15) is 36.4 Å². The van der Waals surface area contributed by atoms with E-state index in [1.807, 2.05) is 31.1 Å². The minimum atomic E-state index is 0.181. The van der Waals surface area contributed by atoms with E-state index in [4.69, 9.17) is 5.73 Å². The molecule has 4 heteroatoms. The number of nitrogens with two attached hydrogens (primary N) is 1. The molecule has 15 heavy (non-hydrogen) atoms. The van der Waals surface area contributed by atoms with E-state index in [0.717, 1.165) is 17.8 Å². The van der Waals surface area contributed by atoms with Crippen LogP contribution in [0.15, 0.2) is 12.4 Å². The maximum Gasteiger partial charge on any atom is 0.141 e. The van der Waals surface area contributed by atoms with Gasteiger partial charge < -0.3 is 5.73 Å². The average Bonchev–Trinajstić information content (AvgIpc) is 2.71. The number of rotatable bonds is 3. The fraction of sp³-hybridized carbons (Fsp3) is 0.636. The van der Waals surface area contributed by atoms with Gasteiger partial charge in [-0.3, -0.25) is 0 Å². The Bertz CT molecular complexity index is 304. The lowest BCUT2D eigenvalue weighted by atomic mass is 10.1. The van der Waals surface area contributed by atoms with Gasteiger partial charge in [-0.1, -0.05) is 0 Å². The van der Waals surface area contributed by atoms with E-state index in [2.05, 4.69) is 9.97 Å². The monoisotopic (exact) mass is 223 g/mol. The maximum atomic E-state index is 5.72. The zero-order chi connectivity index (χ0) is 10.7. The minimum Gasteiger partial charge on any atom is -0.328 e. The molecule has 0 radical (unpaired) electrons. The van der Waals surface area contributed by atoms with Crippen LogP contribution >= 0.6 is 11.8 Å². The highest BCUT2D eigenvalue weighted by Gasteiger charge is 2.19. The summed E-state index contributed by atoms with van der Waals surface area (Å²) >= 11 is 1.97. The number of hydrogen-bond acceptors (Lipinski definition) is 4. The van der Waals surface area contributed by atoms with Gasteiger partial charge >= 0.3 is 0 Å². The summed E-state index contributed by atoms with van der Waals surface area (Å²) in [7, 11) is 0. The van der Waals surface area contributed by atoms with Gasteiger partial charge in [0.15, 0.2) is 0 Å². The molecule has 2 N–H and O–H groups in total. The molecular formula is C11H17N3S. The van der Waals surface area contributed by atoms with E-state index < -0.39 is 0 Å². The van der Waals surface area contributed by atoms with Crippen LogP contribution in [-0.4, -0.2) is 21.8 Å². The van der Waals surface area contributed by atoms with E-state index in [-0.39, 0.29) is 6.04 Å². The average molecular weight is 223 g/mol. The lowest BCUT2D eigenvalue weighted by Gasteiger charge is -2.08. The van der Waals surface area contributed by atoms with Crippen LogP contribution in [0, 0.1) is 0 Å². The lowest BCUT2D eigenvalue weighted by molar-refractivity contribution is 0.722. The summed E-state index contributed by atoms with van der Waals surface area (Å²) in [5, 5.41) is 0.523. The predicted molar refractivity (Wildman–Crippen MR) is 63.8 cm³/mol. The second-order valence-electron chi connectivity index (χ2n) is 4.13. The molecule has 2 heterocycles. The second-order valence-corrected chi connectivity index (χ2v) is 5.44. The molecule has 1 aliphatic heterocycles. The summed E-state index contributed by atoms with van der Waals surface area (Å²) in [5.74, 6) is 2.24. The Labute approximate surface area is 94.9 Å². The van der Waals surface area contributed by atoms with E-state index in [1.54, 1.807) is 0 Å². The first kappa shape index (κ1) is 10.9. The van der Waals surface area contributed by atoms with Crippen molar-refractivity contribution in [2.75, 3.05) is 5.75 Å². The van der Waals surface area contributed by atoms with Crippen LogP contribution in [0.5, 0.6) is 0 Å². The first-order valence-electron chi connectivity index (χ1n) is 5.43. The lowest BCUT2D eigenvalue weighted by Crippen LogP contribution is -2.18. The number of hydrogen-bond donors (Lipinski definition) is 1. The van der Waals surface area contributed by atoms with Crippen molar-refractivity contribution in [3.8, 4) is 0 Å². The van der Waals surface area contributed by atoms with Gasteiger partial charge in [0.1, 0.15) is 5.82 Å². The molecular weight excluding hydrogens is 206 g/mol. The normalized spacial score (nSPS) is 22.9. The highest BCUT2D eigenvalue weighted by molar-refractivity contribution is 7.99. The number of thioether (sulfide) groups is 1. The molecule has 2 rings (SSSR count). The van der Waals surface area contributed by atoms with Crippen molar-refractivity contribution >= 4 is 11.8 Å². The van der Waals surface area contributed by atoms with Gasteiger partial charge in [0.25, 0.3) is 0 Å². The zero-order valence-corrected chi connectivity index (χ0v) is 9.83. The molecule has 1 aromatic heterocycles. The van der Waals surface area contributed by atoms with Gasteiger partial charge in [-0.15, -0.1) is 0 Å². The second kappa shape index (κ2) is 4.94. The van der Waals surface area contributed by atoms with Crippen molar-refractivity contribution in [3.05, 3.63) is 23.8 Å². The zero-order valence-electron chi connectivity index (χ0n) is 9.02. The van der Waals surface area contributed by atoms with Crippen molar-refractivity contribution in [1.82, 2.24) is 9.97 Å². The largest absolute Gasteiger partial charge is 0.328 e. The topological polar surface area (TPSA) is 51.8 Å². The highest BCUT2D eigenvalue weighted by Crippen LogP contribution is 2.37. The Balaban J connectivity index is 2.03. The fourth-order valence-corrected chi connectivity index (χ4v) is 3.01. The molecule has 0 aliphatic carbocycles. The Morgan fingerprint density at radius 3 is 2.80 bits per heavy atom. The van der Waals surface area contributed by atoms with Crippen LogP contribution in [0.3, 0.4) is 0 Å². The van der Waals surface area contributed by atoms with Gasteiger partial charge in [0.2, 0.25) is 0 Å². The highest BCUT2D eigenvalue weighted by atomic mass is 32.2. The molecule has 0 saturated carbocycles. The molecule has 0 bridgehead atoms. The summed E-state index contributed by atoms with van der Waals surface area (Å²) in [4.78, 5) is 8.85. The van der Waals surface area contributed by atoms with Gasteiger partial charge in [-0.2, -0.15) is 11.8 Å². The molecule has 1 saturated heterocycles. The third-order valence-corrected chi connectivity index (χ3v) is 3.87. The van der Waals surface area contributed by atoms with Gasteiger partial charge in [0, 0.05) is 18.4 Å². The van der Waals surface area contributed by atoms with Gasteiger partial charge in [-0.05, 0) is 37.5 Å². The third kappa shape index (κ3) is 2.92. The van der Waals surface area contributed by atoms with Crippen LogP contribution in [0.25, 0.3) is 0 Å². The first-order valence-corrected chi connectivity index (χ1v) is 6.48. The van der Waals surface area contributed by atoms with Gasteiger partial charge in [-0.25, -0.2) is 9.97 Å². The smallest absolute Gasteiger partial charge is 0.141 e. The molecule has 0 spiro atoms. The summed E-state index contributed by atoms with van der Waals surface area (Å²) in [6.07, 6.45) is 7.21. The van der Waals surface area contributed by atoms with E-state index in [1.165, 1.54) is 18.6 Å². The number of nitrogens with zero attached hydrogens (tertiary/aromatic N) is 2. The van der Waals surface area contributed by atoms with Crippen LogP contribution < -0.4 is 5.73 Å². The summed E-state index contributed by atoms with van der Waals surface area (Å²) in [6, 6.07) is 0.181. The van der Waals surface area contributed by atoms with Crippen LogP contribution in [-0.2, 0) is 6.42 Å². The van der Waals surface area contributed by atoms with E-state index in [9.17, 15) is 0 Å². The van der Waals surface area contributed by atoms with Gasteiger partial charge in [0.05, 0.1) is 5.25 Å². The summed E-state index contributed by atoms with van der Waals surface area (Å²) in [5.41, 5.74) is 6.86. The Hall–Kier alpha value is -0.610. The molecule has 1 aromatic rings. The van der Waals surface area contributed by atoms with E-state index in [0.29, 0.717) is 5.25 Å². The summed E-state index contributed by atoms with van der Waals surface area (Å²) < 4.78 is 0. The van der Waals surface area contributed by atoms with E-state index >= 15 is 0 Å². The van der Waals surface area contributed by atoms with Crippen molar-refractivity contribution in [3.63, 3.8) is 0 Å². The quantitative estimate of drug-likeness (QED) is 0.850. The standard InChI is InChI=1S/C11H17N3S/c1-8(12)5-9-6-13-11(14-7-9)10-3-2-4-15-10/h6-8,10H,2-5,12H2,1H3. The molecule has 82 valence electrons. The predicted octanol–water partition coefficient (Wildman–Crippen LogP) is 1.93. The van der Waals surface area contributed by atoms with Crippen LogP contribution in [0.4, 0.5) is 0 Å². The van der Waals surface area contributed by atoms with Crippen molar-refractivity contribution in [1.29, 1.82) is 0 Å². The Kier molecular flexibility index (Phi) is 3.59. The first-order chi connectivity index (χ1) is 7.25. The summed E-state index contributed by atoms with van der Waals surface area (Å²) in [6.45, 7) is 2.00. The van der Waals surface area contributed by atoms with Crippen molar-refractivity contribution < 1.29 is 0 Å². The SMILES string of the molecule is CC(N)Cc1cnc(C2CCCS2)nc1. The molecule has 2 atom stereocenters.